The molecule has 2 aromatic rings. The number of benzene rings is 2. The van der Waals surface area contributed by atoms with Gasteiger partial charge in [0.25, 0.3) is 0 Å². The summed E-state index contributed by atoms with van der Waals surface area (Å²) in [6.07, 6.45) is -0.636. The van der Waals surface area contributed by atoms with Crippen LogP contribution in [0.4, 0.5) is 9.59 Å². The van der Waals surface area contributed by atoms with Gasteiger partial charge < -0.3 is 20.1 Å². The fraction of sp³-hybridized carbons (Fsp3) is 0.333. The zero-order chi connectivity index (χ0) is 20.6. The molecule has 0 bridgehead atoms. The third kappa shape index (κ3) is 7.88. The monoisotopic (exact) mass is 404 g/mol. The summed E-state index contributed by atoms with van der Waals surface area (Å²) < 4.78 is 10.5. The first-order valence-electron chi connectivity index (χ1n) is 8.98. The van der Waals surface area contributed by atoms with Crippen molar-refractivity contribution >= 4 is 23.8 Å². The van der Waals surface area contributed by atoms with E-state index in [1.165, 1.54) is 0 Å². The lowest BCUT2D eigenvalue weighted by atomic mass is 10.0. The van der Waals surface area contributed by atoms with Crippen LogP contribution < -0.4 is 15.4 Å². The molecule has 0 aromatic heterocycles. The summed E-state index contributed by atoms with van der Waals surface area (Å²) in [6.45, 7) is 5.70. The predicted molar refractivity (Wildman–Crippen MR) is 109 cm³/mol. The molecule has 7 heteroatoms. The number of carbonyl (C=O) groups excluding carboxylic acids is 2. The average Bonchev–Trinajstić information content (AvgIpc) is 2.61. The lowest BCUT2D eigenvalue weighted by Gasteiger charge is -2.22. The van der Waals surface area contributed by atoms with Crippen LogP contribution in [-0.4, -0.2) is 24.3 Å². The highest BCUT2D eigenvalue weighted by molar-refractivity contribution is 6.30. The van der Waals surface area contributed by atoms with E-state index in [9.17, 15) is 9.59 Å². The van der Waals surface area contributed by atoms with E-state index in [1.807, 2.05) is 18.2 Å². The first-order chi connectivity index (χ1) is 13.2. The summed E-state index contributed by atoms with van der Waals surface area (Å²) in [5.74, 6) is 0.446. The van der Waals surface area contributed by atoms with Crippen LogP contribution in [0, 0.1) is 0 Å². The largest absolute Gasteiger partial charge is 0.444 e. The minimum absolute atomic E-state index is 0.313. The Morgan fingerprint density at radius 3 is 2.25 bits per heavy atom. The molecule has 2 amide bonds. The minimum Gasteiger partial charge on any atom is -0.444 e. The minimum atomic E-state index is -0.580. The molecule has 150 valence electrons. The summed E-state index contributed by atoms with van der Waals surface area (Å²) in [5, 5.41) is 6.12. The molecule has 0 heterocycles. The summed E-state index contributed by atoms with van der Waals surface area (Å²) in [6, 6.07) is 15.6. The number of hydrogen-bond acceptors (Lipinski definition) is 4. The van der Waals surface area contributed by atoms with Crippen molar-refractivity contribution in [3.63, 3.8) is 0 Å². The molecule has 2 aromatic carbocycles. The lowest BCUT2D eigenvalue weighted by Crippen LogP contribution is -2.36. The highest BCUT2D eigenvalue weighted by Crippen LogP contribution is 2.20. The van der Waals surface area contributed by atoms with Gasteiger partial charge in [-0.2, -0.15) is 0 Å². The second kappa shape index (κ2) is 9.99. The van der Waals surface area contributed by atoms with Gasteiger partial charge in [0.2, 0.25) is 0 Å². The third-order valence-corrected chi connectivity index (χ3v) is 3.87. The molecule has 0 radical (unpaired) electrons. The number of alkyl carbamates (subject to hydrolysis) is 1. The topological polar surface area (TPSA) is 76.7 Å². The van der Waals surface area contributed by atoms with Crippen LogP contribution in [0.2, 0.25) is 5.02 Å². The van der Waals surface area contributed by atoms with Gasteiger partial charge in [-0.3, -0.25) is 0 Å². The molecule has 0 saturated heterocycles. The molecular weight excluding hydrogens is 380 g/mol. The number of rotatable bonds is 6. The Hall–Kier alpha value is -2.73. The molecule has 1 unspecified atom stereocenters. The maximum atomic E-state index is 12.3. The van der Waals surface area contributed by atoms with E-state index >= 15 is 0 Å². The normalized spacial score (nSPS) is 12.0. The second-order valence-electron chi connectivity index (χ2n) is 7.17. The predicted octanol–water partition coefficient (Wildman–Crippen LogP) is 5.08. The van der Waals surface area contributed by atoms with Crippen LogP contribution in [0.1, 0.15) is 38.8 Å². The number of ether oxygens (including phenoxy) is 2. The lowest BCUT2D eigenvalue weighted by molar-refractivity contribution is 0.0526. The molecule has 0 aliphatic heterocycles. The van der Waals surface area contributed by atoms with Crippen molar-refractivity contribution in [3.8, 4) is 5.75 Å². The summed E-state index contributed by atoms with van der Waals surface area (Å²) in [5.41, 5.74) is 0.276. The van der Waals surface area contributed by atoms with Crippen molar-refractivity contribution in [1.82, 2.24) is 10.6 Å². The number of carbonyl (C=O) groups is 2. The van der Waals surface area contributed by atoms with Crippen LogP contribution in [0.5, 0.6) is 5.75 Å². The molecule has 2 N–H and O–H groups in total. The van der Waals surface area contributed by atoms with Crippen molar-refractivity contribution < 1.29 is 19.1 Å². The van der Waals surface area contributed by atoms with Crippen molar-refractivity contribution in [2.75, 3.05) is 6.54 Å². The van der Waals surface area contributed by atoms with E-state index in [-0.39, 0.29) is 6.04 Å². The van der Waals surface area contributed by atoms with E-state index in [1.54, 1.807) is 57.2 Å². The SMILES string of the molecule is CC(C)(C)OC(=O)NCCC(NC(=O)Oc1ccccc1)c1ccc(Cl)cc1. The molecule has 6 nitrogen and oxygen atoms in total. The van der Waals surface area contributed by atoms with Crippen molar-refractivity contribution in [2.24, 2.45) is 0 Å². The Kier molecular flexibility index (Phi) is 7.70. The fourth-order valence-electron chi connectivity index (χ4n) is 2.42. The first kappa shape index (κ1) is 21.6. The van der Waals surface area contributed by atoms with E-state index in [0.29, 0.717) is 23.7 Å². The molecular formula is C21H25ClN2O4. The Balaban J connectivity index is 1.98. The molecule has 28 heavy (non-hydrogen) atoms. The number of halogens is 1. The first-order valence-corrected chi connectivity index (χ1v) is 9.36. The maximum absolute atomic E-state index is 12.3. The van der Waals surface area contributed by atoms with E-state index in [4.69, 9.17) is 21.1 Å². The quantitative estimate of drug-likeness (QED) is 0.703. The van der Waals surface area contributed by atoms with Crippen LogP contribution in [0.25, 0.3) is 0 Å². The summed E-state index contributed by atoms with van der Waals surface area (Å²) in [4.78, 5) is 24.1. The van der Waals surface area contributed by atoms with Gasteiger partial charge in [-0.25, -0.2) is 9.59 Å². The smallest absolute Gasteiger partial charge is 0.413 e. The van der Waals surface area contributed by atoms with Gasteiger partial charge in [0, 0.05) is 11.6 Å². The average molecular weight is 405 g/mol. The number of nitrogens with one attached hydrogen (secondary N) is 2. The highest BCUT2D eigenvalue weighted by atomic mass is 35.5. The van der Waals surface area contributed by atoms with Crippen molar-refractivity contribution in [1.29, 1.82) is 0 Å². The molecule has 0 saturated carbocycles. The van der Waals surface area contributed by atoms with Gasteiger partial charge >= 0.3 is 12.2 Å². The Bertz CT molecular complexity index is 773. The molecule has 0 aliphatic carbocycles. The van der Waals surface area contributed by atoms with Crippen LogP contribution in [0.3, 0.4) is 0 Å². The molecule has 0 spiro atoms. The zero-order valence-corrected chi connectivity index (χ0v) is 17.0. The molecule has 0 aliphatic rings. The van der Waals surface area contributed by atoms with Gasteiger partial charge in [-0.15, -0.1) is 0 Å². The van der Waals surface area contributed by atoms with Gasteiger partial charge in [0.1, 0.15) is 11.4 Å². The van der Waals surface area contributed by atoms with E-state index in [0.717, 1.165) is 5.56 Å². The van der Waals surface area contributed by atoms with Crippen LogP contribution in [-0.2, 0) is 4.74 Å². The molecule has 1 atom stereocenters. The van der Waals surface area contributed by atoms with Gasteiger partial charge in [0.15, 0.2) is 0 Å². The number of hydrogen-bond donors (Lipinski definition) is 2. The van der Waals surface area contributed by atoms with Gasteiger partial charge in [-0.1, -0.05) is 41.9 Å². The van der Waals surface area contributed by atoms with Gasteiger partial charge in [0.05, 0.1) is 6.04 Å². The summed E-state index contributed by atoms with van der Waals surface area (Å²) >= 11 is 5.95. The Morgan fingerprint density at radius 1 is 1.00 bits per heavy atom. The number of amides is 2. The van der Waals surface area contributed by atoms with Gasteiger partial charge in [-0.05, 0) is 57.0 Å². The van der Waals surface area contributed by atoms with Crippen LogP contribution >= 0.6 is 11.6 Å². The third-order valence-electron chi connectivity index (χ3n) is 3.62. The standard InChI is InChI=1S/C21H25ClN2O4/c1-21(2,3)28-19(25)23-14-13-18(15-9-11-16(22)12-10-15)24-20(26)27-17-7-5-4-6-8-17/h4-12,18H,13-14H2,1-3H3,(H,23,25)(H,24,26). The molecule has 0 fully saturated rings. The number of para-hydroxylation sites is 1. The Labute approximate surface area is 170 Å². The Morgan fingerprint density at radius 2 is 1.64 bits per heavy atom. The van der Waals surface area contributed by atoms with Crippen molar-refractivity contribution in [3.05, 3.63) is 65.2 Å². The van der Waals surface area contributed by atoms with Crippen LogP contribution in [0.15, 0.2) is 54.6 Å². The maximum Gasteiger partial charge on any atom is 0.413 e. The van der Waals surface area contributed by atoms with E-state index in [2.05, 4.69) is 10.6 Å². The fourth-order valence-corrected chi connectivity index (χ4v) is 2.54. The summed E-state index contributed by atoms with van der Waals surface area (Å²) in [7, 11) is 0. The zero-order valence-electron chi connectivity index (χ0n) is 16.2. The highest BCUT2D eigenvalue weighted by Gasteiger charge is 2.19. The molecule has 2 rings (SSSR count). The van der Waals surface area contributed by atoms with Crippen molar-refractivity contribution in [2.45, 2.75) is 38.8 Å². The van der Waals surface area contributed by atoms with E-state index < -0.39 is 17.8 Å². The second-order valence-corrected chi connectivity index (χ2v) is 7.60.